The molecule has 3 aromatic rings. The lowest BCUT2D eigenvalue weighted by Crippen LogP contribution is -2.36. The SMILES string of the molecule is CCOC(=O)C1CCN(Cc2coc(-c3cccc4ccccc34)n2)CC1. The average molecular weight is 364 g/mol. The van der Waals surface area contributed by atoms with Gasteiger partial charge in [0.2, 0.25) is 5.89 Å². The number of benzene rings is 2. The Morgan fingerprint density at radius 1 is 1.19 bits per heavy atom. The molecule has 27 heavy (non-hydrogen) atoms. The predicted octanol–water partition coefficient (Wildman–Crippen LogP) is 4.27. The van der Waals surface area contributed by atoms with Crippen LogP contribution >= 0.6 is 0 Å². The molecule has 1 saturated heterocycles. The number of oxazole rings is 1. The Kier molecular flexibility index (Phi) is 5.21. The van der Waals surface area contributed by atoms with Gasteiger partial charge in [-0.3, -0.25) is 9.69 Å². The van der Waals surface area contributed by atoms with Crippen molar-refractivity contribution in [1.82, 2.24) is 9.88 Å². The number of ether oxygens (including phenoxy) is 1. The molecule has 0 saturated carbocycles. The fraction of sp³-hybridized carbons (Fsp3) is 0.364. The van der Waals surface area contributed by atoms with Crippen molar-refractivity contribution >= 4 is 16.7 Å². The molecule has 0 radical (unpaired) electrons. The van der Waals surface area contributed by atoms with Crippen LogP contribution in [0.25, 0.3) is 22.2 Å². The second kappa shape index (κ2) is 7.92. The minimum atomic E-state index is -0.0585. The summed E-state index contributed by atoms with van der Waals surface area (Å²) in [6.45, 7) is 4.80. The molecule has 0 amide bonds. The third-order valence-electron chi connectivity index (χ3n) is 5.16. The molecule has 140 valence electrons. The summed E-state index contributed by atoms with van der Waals surface area (Å²) in [5, 5.41) is 2.32. The zero-order valence-electron chi connectivity index (χ0n) is 15.6. The maximum Gasteiger partial charge on any atom is 0.309 e. The molecule has 0 spiro atoms. The highest BCUT2D eigenvalue weighted by atomic mass is 16.5. The maximum atomic E-state index is 11.9. The fourth-order valence-electron chi connectivity index (χ4n) is 3.73. The number of rotatable bonds is 5. The molecule has 0 N–H and O–H groups in total. The second-order valence-corrected chi connectivity index (χ2v) is 6.97. The van der Waals surface area contributed by atoms with Crippen LogP contribution in [0.2, 0.25) is 0 Å². The van der Waals surface area contributed by atoms with Crippen LogP contribution in [0.4, 0.5) is 0 Å². The number of hydrogen-bond acceptors (Lipinski definition) is 5. The first-order valence-corrected chi connectivity index (χ1v) is 9.56. The highest BCUT2D eigenvalue weighted by Crippen LogP contribution is 2.28. The molecular weight excluding hydrogens is 340 g/mol. The number of carbonyl (C=O) groups is 1. The van der Waals surface area contributed by atoms with Crippen molar-refractivity contribution in [1.29, 1.82) is 0 Å². The fourth-order valence-corrected chi connectivity index (χ4v) is 3.73. The lowest BCUT2D eigenvalue weighted by Gasteiger charge is -2.30. The summed E-state index contributed by atoms with van der Waals surface area (Å²) in [7, 11) is 0. The highest BCUT2D eigenvalue weighted by Gasteiger charge is 2.26. The van der Waals surface area contributed by atoms with Crippen molar-refractivity contribution in [2.75, 3.05) is 19.7 Å². The second-order valence-electron chi connectivity index (χ2n) is 6.97. The molecule has 0 atom stereocenters. The van der Waals surface area contributed by atoms with E-state index < -0.39 is 0 Å². The van der Waals surface area contributed by atoms with E-state index in [1.54, 1.807) is 6.26 Å². The van der Waals surface area contributed by atoms with Crippen LogP contribution in [-0.2, 0) is 16.1 Å². The number of fused-ring (bicyclic) bond motifs is 1. The number of hydrogen-bond donors (Lipinski definition) is 0. The van der Waals surface area contributed by atoms with Crippen LogP contribution in [-0.4, -0.2) is 35.5 Å². The number of aromatic nitrogens is 1. The number of likely N-dealkylation sites (tertiary alicyclic amines) is 1. The van der Waals surface area contributed by atoms with Gasteiger partial charge >= 0.3 is 5.97 Å². The van der Waals surface area contributed by atoms with Crippen molar-refractivity contribution in [3.8, 4) is 11.5 Å². The lowest BCUT2D eigenvalue weighted by atomic mass is 9.97. The third-order valence-corrected chi connectivity index (χ3v) is 5.16. The van der Waals surface area contributed by atoms with E-state index in [-0.39, 0.29) is 11.9 Å². The van der Waals surface area contributed by atoms with Gasteiger partial charge in [0.1, 0.15) is 6.26 Å². The number of nitrogens with zero attached hydrogens (tertiary/aromatic N) is 2. The Hall–Kier alpha value is -2.66. The Bertz CT molecular complexity index is 921. The Morgan fingerprint density at radius 3 is 2.78 bits per heavy atom. The third kappa shape index (κ3) is 3.88. The van der Waals surface area contributed by atoms with Gasteiger partial charge in [0.05, 0.1) is 18.2 Å². The van der Waals surface area contributed by atoms with E-state index in [9.17, 15) is 4.79 Å². The summed E-state index contributed by atoms with van der Waals surface area (Å²) in [5.41, 5.74) is 1.94. The Labute approximate surface area is 158 Å². The van der Waals surface area contributed by atoms with Crippen molar-refractivity contribution in [3.63, 3.8) is 0 Å². The zero-order valence-corrected chi connectivity index (χ0v) is 15.6. The molecule has 5 heteroatoms. The first kappa shape index (κ1) is 17.7. The van der Waals surface area contributed by atoms with Crippen molar-refractivity contribution in [2.24, 2.45) is 5.92 Å². The molecule has 1 aliphatic heterocycles. The van der Waals surface area contributed by atoms with Crippen molar-refractivity contribution in [2.45, 2.75) is 26.3 Å². The van der Waals surface area contributed by atoms with Crippen LogP contribution < -0.4 is 0 Å². The lowest BCUT2D eigenvalue weighted by molar-refractivity contribution is -0.149. The molecule has 2 aromatic carbocycles. The van der Waals surface area contributed by atoms with Crippen LogP contribution in [0.5, 0.6) is 0 Å². The minimum Gasteiger partial charge on any atom is -0.466 e. The predicted molar refractivity (Wildman–Crippen MR) is 104 cm³/mol. The van der Waals surface area contributed by atoms with Crippen LogP contribution in [0.3, 0.4) is 0 Å². The van der Waals surface area contributed by atoms with Crippen LogP contribution in [0.15, 0.2) is 53.1 Å². The molecular formula is C22H24N2O3. The first-order valence-electron chi connectivity index (χ1n) is 9.56. The summed E-state index contributed by atoms with van der Waals surface area (Å²) < 4.78 is 10.9. The highest BCUT2D eigenvalue weighted by molar-refractivity contribution is 5.94. The Balaban J connectivity index is 1.43. The van der Waals surface area contributed by atoms with Crippen LogP contribution in [0.1, 0.15) is 25.5 Å². The average Bonchev–Trinajstić information content (AvgIpc) is 3.16. The van der Waals surface area contributed by atoms with Gasteiger partial charge in [-0.25, -0.2) is 4.98 Å². The van der Waals surface area contributed by atoms with E-state index in [0.29, 0.717) is 12.5 Å². The molecule has 4 rings (SSSR count). The number of esters is 1. The molecule has 5 nitrogen and oxygen atoms in total. The number of piperidine rings is 1. The van der Waals surface area contributed by atoms with Gasteiger partial charge in [0.15, 0.2) is 0 Å². The quantitative estimate of drug-likeness (QED) is 0.633. The van der Waals surface area contributed by atoms with Gasteiger partial charge in [-0.2, -0.15) is 0 Å². The standard InChI is InChI=1S/C22H24N2O3/c1-2-26-22(25)17-10-12-24(13-11-17)14-18-15-27-21(23-18)20-9-5-7-16-6-3-4-8-19(16)20/h3-9,15,17H,2,10-14H2,1H3. The zero-order chi connectivity index (χ0) is 18.6. The molecule has 0 aliphatic carbocycles. The summed E-state index contributed by atoms with van der Waals surface area (Å²) >= 11 is 0. The van der Waals surface area contributed by atoms with Gasteiger partial charge in [0, 0.05) is 12.1 Å². The summed E-state index contributed by atoms with van der Waals surface area (Å²) in [6, 6.07) is 14.4. The topological polar surface area (TPSA) is 55.6 Å². The molecule has 2 heterocycles. The van der Waals surface area contributed by atoms with Crippen LogP contribution in [0, 0.1) is 5.92 Å². The maximum absolute atomic E-state index is 11.9. The van der Waals surface area contributed by atoms with E-state index >= 15 is 0 Å². The van der Waals surface area contributed by atoms with E-state index in [1.807, 2.05) is 31.2 Å². The van der Waals surface area contributed by atoms with Gasteiger partial charge in [0.25, 0.3) is 0 Å². The van der Waals surface area contributed by atoms with Crippen molar-refractivity contribution < 1.29 is 13.9 Å². The molecule has 1 aliphatic rings. The summed E-state index contributed by atoms with van der Waals surface area (Å²) in [6.07, 6.45) is 3.42. The van der Waals surface area contributed by atoms with Gasteiger partial charge in [-0.05, 0) is 49.7 Å². The van der Waals surface area contributed by atoms with E-state index in [0.717, 1.165) is 49.1 Å². The molecule has 1 fully saturated rings. The molecule has 1 aromatic heterocycles. The minimum absolute atomic E-state index is 0.0322. The largest absolute Gasteiger partial charge is 0.466 e. The van der Waals surface area contributed by atoms with Gasteiger partial charge < -0.3 is 9.15 Å². The van der Waals surface area contributed by atoms with E-state index in [1.165, 1.54) is 5.39 Å². The number of carbonyl (C=O) groups excluding carboxylic acids is 1. The van der Waals surface area contributed by atoms with Gasteiger partial charge in [-0.1, -0.05) is 36.4 Å². The molecule has 0 unspecified atom stereocenters. The van der Waals surface area contributed by atoms with E-state index in [4.69, 9.17) is 14.1 Å². The first-order chi connectivity index (χ1) is 13.2. The summed E-state index contributed by atoms with van der Waals surface area (Å²) in [5.74, 6) is 0.629. The monoisotopic (exact) mass is 364 g/mol. The Morgan fingerprint density at radius 2 is 1.96 bits per heavy atom. The van der Waals surface area contributed by atoms with Gasteiger partial charge in [-0.15, -0.1) is 0 Å². The van der Waals surface area contributed by atoms with Crippen molar-refractivity contribution in [3.05, 3.63) is 54.4 Å². The smallest absolute Gasteiger partial charge is 0.309 e. The normalized spacial score (nSPS) is 15.9. The van der Waals surface area contributed by atoms with E-state index in [2.05, 4.69) is 23.1 Å². The summed E-state index contributed by atoms with van der Waals surface area (Å²) in [4.78, 5) is 18.9. The molecule has 0 bridgehead atoms.